The van der Waals surface area contributed by atoms with Gasteiger partial charge in [-0.3, -0.25) is 0 Å². The minimum Gasteiger partial charge on any atom is -0.508 e. The van der Waals surface area contributed by atoms with Gasteiger partial charge >= 0.3 is 5.97 Å². The lowest BCUT2D eigenvalue weighted by atomic mass is 9.77. The monoisotopic (exact) mass is 648 g/mol. The van der Waals surface area contributed by atoms with Gasteiger partial charge in [0.05, 0.1) is 15.4 Å². The molecular weight excluding hydrogens is 609 g/mol. The Morgan fingerprint density at radius 1 is 0.638 bits per heavy atom. The van der Waals surface area contributed by atoms with Crippen LogP contribution in [0, 0.1) is 13.8 Å². The zero-order valence-electron chi connectivity index (χ0n) is 27.5. The van der Waals surface area contributed by atoms with Gasteiger partial charge in [-0.2, -0.15) is 0 Å². The SMILES string of the molecule is Cc1cc(O)c(C(C)C)cc1C(c1cc(C(C)C)c(Oc2ccc(S(=O)(=O)c3ccccc3)cc2)cc1C)c1ccccc1C(=O)O. The Bertz CT molecular complexity index is 2030. The van der Waals surface area contributed by atoms with Gasteiger partial charge in [-0.15, -0.1) is 0 Å². The Hall–Kier alpha value is -4.88. The molecule has 0 radical (unpaired) electrons. The summed E-state index contributed by atoms with van der Waals surface area (Å²) < 4.78 is 32.6. The Kier molecular flexibility index (Phi) is 9.59. The number of phenols is 1. The number of carboxylic acids is 1. The molecule has 0 aromatic heterocycles. The smallest absolute Gasteiger partial charge is 0.335 e. The Morgan fingerprint density at radius 2 is 1.17 bits per heavy atom. The van der Waals surface area contributed by atoms with Crippen LogP contribution in [0.5, 0.6) is 17.2 Å². The lowest BCUT2D eigenvalue weighted by molar-refractivity contribution is 0.0695. The summed E-state index contributed by atoms with van der Waals surface area (Å²) in [6.07, 6.45) is 0. The molecular formula is C40H40O6S. The molecule has 5 aromatic carbocycles. The fourth-order valence-corrected chi connectivity index (χ4v) is 7.34. The maximum atomic E-state index is 13.1. The number of hydrogen-bond acceptors (Lipinski definition) is 5. The first-order valence-electron chi connectivity index (χ1n) is 15.7. The van der Waals surface area contributed by atoms with E-state index in [0.29, 0.717) is 17.1 Å². The summed E-state index contributed by atoms with van der Waals surface area (Å²) in [5.74, 6) is 0.00847. The van der Waals surface area contributed by atoms with Crippen LogP contribution >= 0.6 is 0 Å². The summed E-state index contributed by atoms with van der Waals surface area (Å²) in [4.78, 5) is 12.9. The molecule has 1 atom stereocenters. The van der Waals surface area contributed by atoms with Crippen LogP contribution < -0.4 is 4.74 Å². The topological polar surface area (TPSA) is 101 Å². The van der Waals surface area contributed by atoms with E-state index in [1.165, 1.54) is 0 Å². The van der Waals surface area contributed by atoms with Crippen molar-refractivity contribution in [2.45, 2.75) is 69.1 Å². The van der Waals surface area contributed by atoms with E-state index in [1.807, 2.05) is 52.0 Å². The van der Waals surface area contributed by atoms with Gasteiger partial charge < -0.3 is 14.9 Å². The summed E-state index contributed by atoms with van der Waals surface area (Å²) in [7, 11) is -3.66. The van der Waals surface area contributed by atoms with Crippen molar-refractivity contribution in [3.63, 3.8) is 0 Å². The van der Waals surface area contributed by atoms with Gasteiger partial charge in [-0.1, -0.05) is 76.2 Å². The number of rotatable bonds is 10. The molecule has 0 heterocycles. The number of aromatic carboxylic acids is 1. The van der Waals surface area contributed by atoms with Crippen molar-refractivity contribution in [3.8, 4) is 17.2 Å². The zero-order chi connectivity index (χ0) is 34.0. The molecule has 0 aliphatic rings. The van der Waals surface area contributed by atoms with Crippen LogP contribution in [0.3, 0.4) is 0 Å². The van der Waals surface area contributed by atoms with Crippen molar-refractivity contribution in [1.29, 1.82) is 0 Å². The van der Waals surface area contributed by atoms with E-state index in [2.05, 4.69) is 19.9 Å². The van der Waals surface area contributed by atoms with Gasteiger partial charge in [-0.05, 0) is 119 Å². The molecule has 0 amide bonds. The van der Waals surface area contributed by atoms with Crippen LogP contribution in [0.1, 0.15) is 94.8 Å². The number of carbonyl (C=O) groups is 1. The fourth-order valence-electron chi connectivity index (χ4n) is 6.06. The Balaban J connectivity index is 1.63. The van der Waals surface area contributed by atoms with Crippen LogP contribution in [0.25, 0.3) is 0 Å². The number of benzene rings is 5. The van der Waals surface area contributed by atoms with Gasteiger partial charge in [0, 0.05) is 5.92 Å². The summed E-state index contributed by atoms with van der Waals surface area (Å²) in [5, 5.41) is 21.0. The maximum Gasteiger partial charge on any atom is 0.335 e. The van der Waals surface area contributed by atoms with Crippen LogP contribution in [0.2, 0.25) is 0 Å². The largest absolute Gasteiger partial charge is 0.508 e. The highest BCUT2D eigenvalue weighted by Crippen LogP contribution is 2.44. The average Bonchev–Trinajstić information content (AvgIpc) is 3.03. The third-order valence-electron chi connectivity index (χ3n) is 8.60. The second kappa shape index (κ2) is 13.5. The summed E-state index contributed by atoms with van der Waals surface area (Å²) >= 11 is 0. The van der Waals surface area contributed by atoms with Crippen molar-refractivity contribution >= 4 is 15.8 Å². The number of phenolic OH excluding ortho intramolecular Hbond substituents is 1. The second-order valence-electron chi connectivity index (χ2n) is 12.5. The summed E-state index contributed by atoms with van der Waals surface area (Å²) in [5.41, 5.74) is 6.19. The first-order chi connectivity index (χ1) is 22.3. The number of aromatic hydroxyl groups is 1. The Labute approximate surface area is 277 Å². The minimum absolute atomic E-state index is 0.0459. The highest BCUT2D eigenvalue weighted by molar-refractivity contribution is 7.91. The number of sulfone groups is 1. The van der Waals surface area contributed by atoms with Gasteiger partial charge in [0.2, 0.25) is 9.84 Å². The first kappa shape index (κ1) is 33.5. The highest BCUT2D eigenvalue weighted by atomic mass is 32.2. The molecule has 1 unspecified atom stereocenters. The average molecular weight is 649 g/mol. The Morgan fingerprint density at radius 3 is 1.77 bits per heavy atom. The third-order valence-corrected chi connectivity index (χ3v) is 10.4. The van der Waals surface area contributed by atoms with Crippen LogP contribution in [0.4, 0.5) is 0 Å². The van der Waals surface area contributed by atoms with Crippen molar-refractivity contribution in [3.05, 3.63) is 148 Å². The number of ether oxygens (including phenoxy) is 1. The maximum absolute atomic E-state index is 13.1. The third kappa shape index (κ3) is 6.81. The molecule has 6 nitrogen and oxygen atoms in total. The fraction of sp³-hybridized carbons (Fsp3) is 0.225. The molecule has 2 N–H and O–H groups in total. The molecule has 0 spiro atoms. The van der Waals surface area contributed by atoms with Crippen molar-refractivity contribution in [2.75, 3.05) is 0 Å². The van der Waals surface area contributed by atoms with E-state index in [9.17, 15) is 23.4 Å². The standard InChI is InChI=1S/C40H40O6S/c1-24(2)33-22-35(26(5)20-37(33)41)39(31-14-10-11-15-32(31)40(42)43)36-23-34(25(3)4)38(21-27(36)6)46-28-16-18-30(19-17-28)47(44,45)29-12-8-7-9-13-29/h7-25,39,41H,1-6H3,(H,42,43). The van der Waals surface area contributed by atoms with E-state index >= 15 is 0 Å². The van der Waals surface area contributed by atoms with Crippen LogP contribution in [-0.4, -0.2) is 24.6 Å². The molecule has 242 valence electrons. The van der Waals surface area contributed by atoms with Crippen LogP contribution in [0.15, 0.2) is 113 Å². The molecule has 0 saturated carbocycles. The van der Waals surface area contributed by atoms with Gasteiger partial charge in [0.25, 0.3) is 0 Å². The predicted molar refractivity (Wildman–Crippen MR) is 185 cm³/mol. The molecule has 0 saturated heterocycles. The molecule has 5 aromatic rings. The highest BCUT2D eigenvalue weighted by Gasteiger charge is 2.28. The van der Waals surface area contributed by atoms with E-state index in [-0.39, 0.29) is 32.9 Å². The van der Waals surface area contributed by atoms with Gasteiger partial charge in [-0.25, -0.2) is 13.2 Å². The van der Waals surface area contributed by atoms with E-state index in [0.717, 1.165) is 33.4 Å². The van der Waals surface area contributed by atoms with Crippen molar-refractivity contribution in [1.82, 2.24) is 0 Å². The first-order valence-corrected chi connectivity index (χ1v) is 17.2. The van der Waals surface area contributed by atoms with Crippen molar-refractivity contribution < 1.29 is 28.2 Å². The summed E-state index contributed by atoms with van der Waals surface area (Å²) in [6.45, 7) is 12.1. The minimum atomic E-state index is -3.66. The number of hydrogen-bond donors (Lipinski definition) is 2. The van der Waals surface area contributed by atoms with E-state index in [4.69, 9.17) is 4.74 Å². The molecule has 47 heavy (non-hydrogen) atoms. The van der Waals surface area contributed by atoms with E-state index in [1.54, 1.807) is 72.8 Å². The zero-order valence-corrected chi connectivity index (χ0v) is 28.3. The number of aryl methyl sites for hydroxylation is 2. The molecule has 0 aliphatic carbocycles. The van der Waals surface area contributed by atoms with Crippen LogP contribution in [-0.2, 0) is 9.84 Å². The molecule has 0 aliphatic heterocycles. The molecule has 0 bridgehead atoms. The lowest BCUT2D eigenvalue weighted by Crippen LogP contribution is -2.14. The quantitative estimate of drug-likeness (QED) is 0.146. The normalized spacial score (nSPS) is 12.3. The molecule has 0 fully saturated rings. The molecule has 5 rings (SSSR count). The van der Waals surface area contributed by atoms with Gasteiger partial charge in [0.15, 0.2) is 0 Å². The predicted octanol–water partition coefficient (Wildman–Crippen LogP) is 9.76. The lowest BCUT2D eigenvalue weighted by Gasteiger charge is -2.27. The van der Waals surface area contributed by atoms with Crippen molar-refractivity contribution in [2.24, 2.45) is 0 Å². The van der Waals surface area contributed by atoms with Gasteiger partial charge in [0.1, 0.15) is 17.2 Å². The van der Waals surface area contributed by atoms with E-state index < -0.39 is 21.7 Å². The molecule has 7 heteroatoms. The second-order valence-corrected chi connectivity index (χ2v) is 14.5. The number of carboxylic acid groups (broad SMARTS) is 1. The summed E-state index contributed by atoms with van der Waals surface area (Å²) in [6, 6.07) is 29.6.